The molecule has 1 atom stereocenters. The summed E-state index contributed by atoms with van der Waals surface area (Å²) >= 11 is 0. The molecule has 3 heteroatoms. The minimum Gasteiger partial charge on any atom is -0.458 e. The van der Waals surface area contributed by atoms with Gasteiger partial charge in [-0.05, 0) is 19.4 Å². The van der Waals surface area contributed by atoms with E-state index in [9.17, 15) is 4.79 Å². The van der Waals surface area contributed by atoms with E-state index in [1.165, 1.54) is 5.56 Å². The number of ether oxygens (including phenoxy) is 1. The van der Waals surface area contributed by atoms with Gasteiger partial charge < -0.3 is 10.1 Å². The molecule has 2 rings (SSSR count). The molecule has 1 aromatic rings. The van der Waals surface area contributed by atoms with Crippen molar-refractivity contribution in [2.75, 3.05) is 0 Å². The van der Waals surface area contributed by atoms with E-state index in [-0.39, 0.29) is 12.0 Å². The maximum Gasteiger partial charge on any atom is 0.308 e. The molecule has 1 aliphatic heterocycles. The van der Waals surface area contributed by atoms with Gasteiger partial charge in [-0.15, -0.1) is 0 Å². The minimum absolute atomic E-state index is 0.0974. The third-order valence-electron chi connectivity index (χ3n) is 2.98. The molecule has 0 spiro atoms. The molecule has 0 aromatic heterocycles. The van der Waals surface area contributed by atoms with Crippen LogP contribution in [-0.4, -0.2) is 17.6 Å². The predicted octanol–water partition coefficient (Wildman–Crippen LogP) is 1.87. The average molecular weight is 219 g/mol. The van der Waals surface area contributed by atoms with Crippen LogP contribution >= 0.6 is 0 Å². The van der Waals surface area contributed by atoms with Gasteiger partial charge in [0.25, 0.3) is 0 Å². The minimum atomic E-state index is -0.397. The van der Waals surface area contributed by atoms with Crippen LogP contribution < -0.4 is 5.32 Å². The van der Waals surface area contributed by atoms with Crippen molar-refractivity contribution in [2.45, 2.75) is 38.5 Å². The summed E-state index contributed by atoms with van der Waals surface area (Å²) < 4.78 is 5.25. The first-order chi connectivity index (χ1) is 7.58. The van der Waals surface area contributed by atoms with E-state index < -0.39 is 5.60 Å². The predicted molar refractivity (Wildman–Crippen MR) is 61.9 cm³/mol. The molecule has 0 amide bonds. The summed E-state index contributed by atoms with van der Waals surface area (Å²) in [6, 6.07) is 10.3. The molecule has 0 radical (unpaired) electrons. The SMILES string of the molecule is CC1(C)OC(=O)CC1NCc1ccccc1. The second-order valence-corrected chi connectivity index (χ2v) is 4.70. The van der Waals surface area contributed by atoms with Crippen molar-refractivity contribution in [3.63, 3.8) is 0 Å². The number of carbonyl (C=O) groups is 1. The van der Waals surface area contributed by atoms with E-state index in [0.29, 0.717) is 6.42 Å². The van der Waals surface area contributed by atoms with Crippen LogP contribution in [0.5, 0.6) is 0 Å². The van der Waals surface area contributed by atoms with Crippen LogP contribution in [-0.2, 0) is 16.1 Å². The number of rotatable bonds is 3. The third-order valence-corrected chi connectivity index (χ3v) is 2.98. The Labute approximate surface area is 95.8 Å². The van der Waals surface area contributed by atoms with Crippen molar-refractivity contribution in [1.29, 1.82) is 0 Å². The summed E-state index contributed by atoms with van der Waals surface area (Å²) in [5.74, 6) is -0.115. The second kappa shape index (κ2) is 4.26. The Morgan fingerprint density at radius 1 is 1.38 bits per heavy atom. The van der Waals surface area contributed by atoms with Crippen LogP contribution in [0.3, 0.4) is 0 Å². The van der Waals surface area contributed by atoms with Crippen molar-refractivity contribution in [3.8, 4) is 0 Å². The van der Waals surface area contributed by atoms with Crippen LogP contribution in [0.2, 0.25) is 0 Å². The van der Waals surface area contributed by atoms with Gasteiger partial charge in [-0.25, -0.2) is 0 Å². The van der Waals surface area contributed by atoms with E-state index in [0.717, 1.165) is 6.54 Å². The number of carbonyl (C=O) groups excluding carboxylic acids is 1. The summed E-state index contributed by atoms with van der Waals surface area (Å²) in [6.45, 7) is 4.66. The lowest BCUT2D eigenvalue weighted by Gasteiger charge is -2.25. The Balaban J connectivity index is 1.94. The lowest BCUT2D eigenvalue weighted by atomic mass is 9.99. The van der Waals surface area contributed by atoms with E-state index >= 15 is 0 Å². The van der Waals surface area contributed by atoms with E-state index in [4.69, 9.17) is 4.74 Å². The molecule has 3 nitrogen and oxygen atoms in total. The number of nitrogens with one attached hydrogen (secondary N) is 1. The monoisotopic (exact) mass is 219 g/mol. The van der Waals surface area contributed by atoms with Crippen LogP contribution in [0, 0.1) is 0 Å². The normalized spacial score (nSPS) is 23.1. The molecule has 0 aliphatic carbocycles. The van der Waals surface area contributed by atoms with Gasteiger partial charge in [-0.3, -0.25) is 4.79 Å². The number of esters is 1. The first kappa shape index (κ1) is 11.1. The van der Waals surface area contributed by atoms with Crippen LogP contribution in [0.1, 0.15) is 25.8 Å². The Bertz CT molecular complexity index is 373. The number of cyclic esters (lactones) is 1. The second-order valence-electron chi connectivity index (χ2n) is 4.70. The molecule has 1 saturated heterocycles. The molecule has 1 aliphatic rings. The summed E-state index contributed by atoms with van der Waals surface area (Å²) in [6.07, 6.45) is 0.458. The maximum atomic E-state index is 11.2. The molecule has 1 unspecified atom stereocenters. The van der Waals surface area contributed by atoms with Crippen molar-refractivity contribution < 1.29 is 9.53 Å². The molecular weight excluding hydrogens is 202 g/mol. The Morgan fingerprint density at radius 3 is 2.62 bits per heavy atom. The van der Waals surface area contributed by atoms with Crippen molar-refractivity contribution in [2.24, 2.45) is 0 Å². The van der Waals surface area contributed by atoms with Gasteiger partial charge in [-0.1, -0.05) is 30.3 Å². The molecule has 1 aromatic carbocycles. The molecule has 1 fully saturated rings. The maximum absolute atomic E-state index is 11.2. The summed E-state index contributed by atoms with van der Waals surface area (Å²) in [4.78, 5) is 11.2. The molecule has 16 heavy (non-hydrogen) atoms. The molecule has 1 heterocycles. The van der Waals surface area contributed by atoms with Gasteiger partial charge in [-0.2, -0.15) is 0 Å². The van der Waals surface area contributed by atoms with Gasteiger partial charge in [0, 0.05) is 6.54 Å². The average Bonchev–Trinajstić information content (AvgIpc) is 2.50. The highest BCUT2D eigenvalue weighted by Crippen LogP contribution is 2.26. The van der Waals surface area contributed by atoms with Gasteiger partial charge in [0.05, 0.1) is 12.5 Å². The first-order valence-corrected chi connectivity index (χ1v) is 5.57. The standard InChI is InChI=1S/C13H17NO2/c1-13(2)11(8-12(15)16-13)14-9-10-6-4-3-5-7-10/h3-7,11,14H,8-9H2,1-2H3. The summed E-state index contributed by atoms with van der Waals surface area (Å²) in [7, 11) is 0. The topological polar surface area (TPSA) is 38.3 Å². The van der Waals surface area contributed by atoms with E-state index in [1.807, 2.05) is 32.0 Å². The highest BCUT2D eigenvalue weighted by Gasteiger charge is 2.41. The fourth-order valence-electron chi connectivity index (χ4n) is 1.97. The van der Waals surface area contributed by atoms with Crippen molar-refractivity contribution in [1.82, 2.24) is 5.32 Å². The molecule has 0 bridgehead atoms. The van der Waals surface area contributed by atoms with Gasteiger partial charge in [0.1, 0.15) is 5.60 Å². The Hall–Kier alpha value is -1.35. The summed E-state index contributed by atoms with van der Waals surface area (Å²) in [5, 5.41) is 3.37. The first-order valence-electron chi connectivity index (χ1n) is 5.57. The summed E-state index contributed by atoms with van der Waals surface area (Å²) in [5.41, 5.74) is 0.823. The molecule has 1 N–H and O–H groups in total. The van der Waals surface area contributed by atoms with E-state index in [2.05, 4.69) is 17.4 Å². The zero-order chi connectivity index (χ0) is 11.6. The van der Waals surface area contributed by atoms with Crippen LogP contribution in [0.25, 0.3) is 0 Å². The number of hydrogen-bond donors (Lipinski definition) is 1. The fourth-order valence-corrected chi connectivity index (χ4v) is 1.97. The quantitative estimate of drug-likeness (QED) is 0.789. The van der Waals surface area contributed by atoms with Gasteiger partial charge in [0.2, 0.25) is 0 Å². The lowest BCUT2D eigenvalue weighted by Crippen LogP contribution is -2.42. The van der Waals surface area contributed by atoms with E-state index in [1.54, 1.807) is 0 Å². The molecule has 0 saturated carbocycles. The smallest absolute Gasteiger partial charge is 0.308 e. The van der Waals surface area contributed by atoms with Gasteiger partial charge >= 0.3 is 5.97 Å². The van der Waals surface area contributed by atoms with Crippen LogP contribution in [0.15, 0.2) is 30.3 Å². The molecular formula is C13H17NO2. The Kier molecular flexibility index (Phi) is 2.97. The lowest BCUT2D eigenvalue weighted by molar-refractivity contribution is -0.146. The van der Waals surface area contributed by atoms with Crippen LogP contribution in [0.4, 0.5) is 0 Å². The number of benzene rings is 1. The number of hydrogen-bond acceptors (Lipinski definition) is 3. The fraction of sp³-hybridized carbons (Fsp3) is 0.462. The molecule has 86 valence electrons. The van der Waals surface area contributed by atoms with Gasteiger partial charge in [0.15, 0.2) is 0 Å². The highest BCUT2D eigenvalue weighted by molar-refractivity contribution is 5.73. The largest absolute Gasteiger partial charge is 0.458 e. The zero-order valence-corrected chi connectivity index (χ0v) is 9.69. The third kappa shape index (κ3) is 2.42. The van der Waals surface area contributed by atoms with Crippen molar-refractivity contribution in [3.05, 3.63) is 35.9 Å². The Morgan fingerprint density at radius 2 is 2.06 bits per heavy atom. The highest BCUT2D eigenvalue weighted by atomic mass is 16.6. The van der Waals surface area contributed by atoms with Crippen molar-refractivity contribution >= 4 is 5.97 Å². The zero-order valence-electron chi connectivity index (χ0n) is 9.69.